The first-order valence-corrected chi connectivity index (χ1v) is 7.01. The lowest BCUT2D eigenvalue weighted by molar-refractivity contribution is 0.215. The average molecular weight is 276 g/mol. The number of aryl methyl sites for hydroxylation is 2. The molecule has 0 aliphatic carbocycles. The molecule has 1 aromatic carbocycles. The summed E-state index contributed by atoms with van der Waals surface area (Å²) in [7, 11) is 0. The van der Waals surface area contributed by atoms with Gasteiger partial charge in [0.15, 0.2) is 5.13 Å². The zero-order chi connectivity index (χ0) is 13.7. The van der Waals surface area contributed by atoms with Crippen molar-refractivity contribution < 1.29 is 9.53 Å². The Morgan fingerprint density at radius 1 is 1.37 bits per heavy atom. The largest absolute Gasteiger partial charge is 0.418 e. The summed E-state index contributed by atoms with van der Waals surface area (Å²) in [5.41, 5.74) is 1.04. The van der Waals surface area contributed by atoms with Gasteiger partial charge in [-0.2, -0.15) is 0 Å². The molecule has 0 aliphatic heterocycles. The molecule has 4 nitrogen and oxygen atoms in total. The molecule has 0 unspecified atom stereocenters. The molecule has 0 radical (unpaired) electrons. The highest BCUT2D eigenvalue weighted by Gasteiger charge is 2.11. The van der Waals surface area contributed by atoms with E-state index in [0.29, 0.717) is 10.9 Å². The van der Waals surface area contributed by atoms with Crippen molar-refractivity contribution in [3.05, 3.63) is 40.9 Å². The molecule has 0 saturated carbocycles. The standard InChI is InChI=1S/C14H16N2O2S/c1-3-7-12-10(2)19-13(15-12)16-14(17)18-11-8-5-4-6-9-11/h4-6,8-9H,3,7H2,1-2H3,(H,15,16,17). The third-order valence-electron chi connectivity index (χ3n) is 2.54. The molecule has 5 heteroatoms. The van der Waals surface area contributed by atoms with Crippen molar-refractivity contribution in [2.45, 2.75) is 26.7 Å². The molecule has 1 heterocycles. The number of amides is 1. The van der Waals surface area contributed by atoms with Crippen LogP contribution in [0, 0.1) is 6.92 Å². The Morgan fingerprint density at radius 2 is 2.11 bits per heavy atom. The minimum Gasteiger partial charge on any atom is -0.410 e. The number of thiazole rings is 1. The Labute approximate surface area is 116 Å². The summed E-state index contributed by atoms with van der Waals surface area (Å²) >= 11 is 1.47. The first-order chi connectivity index (χ1) is 9.19. The minimum atomic E-state index is -0.511. The minimum absolute atomic E-state index is 0.511. The summed E-state index contributed by atoms with van der Waals surface area (Å²) in [4.78, 5) is 17.2. The van der Waals surface area contributed by atoms with Crippen LogP contribution in [0.4, 0.5) is 9.93 Å². The molecule has 19 heavy (non-hydrogen) atoms. The molecule has 1 aromatic heterocycles. The van der Waals surface area contributed by atoms with E-state index in [1.165, 1.54) is 11.3 Å². The van der Waals surface area contributed by atoms with Crippen LogP contribution in [-0.4, -0.2) is 11.1 Å². The first kappa shape index (κ1) is 13.5. The fourth-order valence-electron chi connectivity index (χ4n) is 1.66. The van der Waals surface area contributed by atoms with Crippen LogP contribution in [0.2, 0.25) is 0 Å². The number of para-hydroxylation sites is 1. The van der Waals surface area contributed by atoms with Gasteiger partial charge in [0.25, 0.3) is 0 Å². The van der Waals surface area contributed by atoms with Crippen molar-refractivity contribution in [3.63, 3.8) is 0 Å². The normalized spacial score (nSPS) is 10.2. The fraction of sp³-hybridized carbons (Fsp3) is 0.286. The molecule has 2 rings (SSSR count). The molecule has 0 bridgehead atoms. The molecule has 100 valence electrons. The fourth-order valence-corrected chi connectivity index (χ4v) is 2.50. The number of rotatable bonds is 4. The molecule has 1 N–H and O–H groups in total. The molecular weight excluding hydrogens is 260 g/mol. The molecule has 0 fully saturated rings. The lowest BCUT2D eigenvalue weighted by Crippen LogP contribution is -2.16. The van der Waals surface area contributed by atoms with Gasteiger partial charge in [-0.3, -0.25) is 5.32 Å². The van der Waals surface area contributed by atoms with Crippen LogP contribution in [-0.2, 0) is 6.42 Å². The second kappa shape index (κ2) is 6.33. The van der Waals surface area contributed by atoms with Gasteiger partial charge in [-0.25, -0.2) is 9.78 Å². The highest BCUT2D eigenvalue weighted by Crippen LogP contribution is 2.23. The molecule has 0 spiro atoms. The number of nitrogens with zero attached hydrogens (tertiary/aromatic N) is 1. The second-order valence-electron chi connectivity index (χ2n) is 4.10. The van der Waals surface area contributed by atoms with E-state index in [9.17, 15) is 4.79 Å². The number of anilines is 1. The van der Waals surface area contributed by atoms with Crippen LogP contribution in [0.1, 0.15) is 23.9 Å². The maximum absolute atomic E-state index is 11.7. The van der Waals surface area contributed by atoms with Crippen LogP contribution in [0.15, 0.2) is 30.3 Å². The van der Waals surface area contributed by atoms with Crippen molar-refractivity contribution >= 4 is 22.6 Å². The number of nitrogens with one attached hydrogen (secondary N) is 1. The maximum Gasteiger partial charge on any atom is 0.418 e. The Balaban J connectivity index is 1.97. The molecule has 0 saturated heterocycles. The number of carbonyl (C=O) groups is 1. The van der Waals surface area contributed by atoms with Gasteiger partial charge < -0.3 is 4.74 Å². The lowest BCUT2D eigenvalue weighted by atomic mass is 10.2. The lowest BCUT2D eigenvalue weighted by Gasteiger charge is -2.03. The number of hydrogen-bond donors (Lipinski definition) is 1. The number of hydrogen-bond acceptors (Lipinski definition) is 4. The van der Waals surface area contributed by atoms with Gasteiger partial charge in [0.05, 0.1) is 5.69 Å². The van der Waals surface area contributed by atoms with Gasteiger partial charge >= 0.3 is 6.09 Å². The van der Waals surface area contributed by atoms with Crippen LogP contribution in [0.25, 0.3) is 0 Å². The van der Waals surface area contributed by atoms with Gasteiger partial charge in [-0.1, -0.05) is 31.5 Å². The summed E-state index contributed by atoms with van der Waals surface area (Å²) in [5, 5.41) is 3.24. The predicted octanol–water partition coefficient (Wildman–Crippen LogP) is 4.01. The predicted molar refractivity (Wildman–Crippen MR) is 76.9 cm³/mol. The van der Waals surface area contributed by atoms with Crippen LogP contribution in [0.3, 0.4) is 0 Å². The highest BCUT2D eigenvalue weighted by molar-refractivity contribution is 7.15. The zero-order valence-corrected chi connectivity index (χ0v) is 11.8. The maximum atomic E-state index is 11.7. The van der Waals surface area contributed by atoms with Crippen LogP contribution < -0.4 is 10.1 Å². The summed E-state index contributed by atoms with van der Waals surface area (Å²) in [6, 6.07) is 8.96. The summed E-state index contributed by atoms with van der Waals surface area (Å²) in [5.74, 6) is 0.516. The quantitative estimate of drug-likeness (QED) is 0.917. The number of ether oxygens (including phenoxy) is 1. The van der Waals surface area contributed by atoms with Crippen LogP contribution >= 0.6 is 11.3 Å². The zero-order valence-electron chi connectivity index (χ0n) is 11.0. The Bertz CT molecular complexity index is 552. The summed E-state index contributed by atoms with van der Waals surface area (Å²) in [6.45, 7) is 4.12. The van der Waals surface area contributed by atoms with Gasteiger partial charge in [-0.15, -0.1) is 11.3 Å². The van der Waals surface area contributed by atoms with E-state index in [1.807, 2.05) is 25.1 Å². The van der Waals surface area contributed by atoms with E-state index in [2.05, 4.69) is 17.2 Å². The summed E-state index contributed by atoms with van der Waals surface area (Å²) < 4.78 is 5.14. The number of aromatic nitrogens is 1. The van der Waals surface area contributed by atoms with Gasteiger partial charge in [-0.05, 0) is 25.5 Å². The van der Waals surface area contributed by atoms with Gasteiger partial charge in [0.2, 0.25) is 0 Å². The monoisotopic (exact) mass is 276 g/mol. The van der Waals surface area contributed by atoms with E-state index >= 15 is 0 Å². The van der Waals surface area contributed by atoms with Gasteiger partial charge in [0, 0.05) is 4.88 Å². The molecule has 0 aliphatic rings. The smallest absolute Gasteiger partial charge is 0.410 e. The average Bonchev–Trinajstić information content (AvgIpc) is 2.71. The van der Waals surface area contributed by atoms with E-state index in [1.54, 1.807) is 12.1 Å². The van der Waals surface area contributed by atoms with E-state index in [-0.39, 0.29) is 0 Å². The van der Waals surface area contributed by atoms with Gasteiger partial charge in [0.1, 0.15) is 5.75 Å². The van der Waals surface area contributed by atoms with E-state index in [0.717, 1.165) is 23.4 Å². The SMILES string of the molecule is CCCc1nc(NC(=O)Oc2ccccc2)sc1C. The second-order valence-corrected chi connectivity index (χ2v) is 5.30. The van der Waals surface area contributed by atoms with Crippen molar-refractivity contribution in [2.24, 2.45) is 0 Å². The van der Waals surface area contributed by atoms with E-state index in [4.69, 9.17) is 4.74 Å². The van der Waals surface area contributed by atoms with E-state index < -0.39 is 6.09 Å². The Hall–Kier alpha value is -1.88. The topological polar surface area (TPSA) is 51.2 Å². The van der Waals surface area contributed by atoms with Crippen molar-refractivity contribution in [2.75, 3.05) is 5.32 Å². The summed E-state index contributed by atoms with van der Waals surface area (Å²) in [6.07, 6.45) is 1.46. The molecular formula is C14H16N2O2S. The first-order valence-electron chi connectivity index (χ1n) is 6.19. The Morgan fingerprint density at radius 3 is 2.79 bits per heavy atom. The Kier molecular flexibility index (Phi) is 4.52. The molecule has 1 amide bonds. The number of benzene rings is 1. The highest BCUT2D eigenvalue weighted by atomic mass is 32.1. The van der Waals surface area contributed by atoms with Crippen molar-refractivity contribution in [3.8, 4) is 5.75 Å². The van der Waals surface area contributed by atoms with Crippen LogP contribution in [0.5, 0.6) is 5.75 Å². The van der Waals surface area contributed by atoms with Crippen molar-refractivity contribution in [1.29, 1.82) is 0 Å². The number of carbonyl (C=O) groups excluding carboxylic acids is 1. The third kappa shape index (κ3) is 3.79. The van der Waals surface area contributed by atoms with Crippen molar-refractivity contribution in [1.82, 2.24) is 4.98 Å². The molecule has 0 atom stereocenters. The molecule has 2 aromatic rings. The third-order valence-corrected chi connectivity index (χ3v) is 3.47.